The van der Waals surface area contributed by atoms with Crippen molar-refractivity contribution in [3.63, 3.8) is 0 Å². The average molecular weight is 270 g/mol. The Hall–Kier alpha value is -1.80. The Kier molecular flexibility index (Phi) is 5.19. The van der Waals surface area contributed by atoms with Crippen LogP contribution in [0, 0.1) is 0 Å². The second-order valence-corrected chi connectivity index (χ2v) is 4.85. The van der Waals surface area contributed by atoms with E-state index < -0.39 is 0 Å². The standard InChI is InChI=1S/C18H22O2/c1-4-6-12-19-14(3)20-18-9-7-8-16-11-10-15(5-2)13-17(16)18/h5,7-11,13-14H,2,4,6,12H2,1,3H3. The maximum absolute atomic E-state index is 5.92. The van der Waals surface area contributed by atoms with Crippen molar-refractivity contribution >= 4 is 16.8 Å². The van der Waals surface area contributed by atoms with E-state index in [0.29, 0.717) is 0 Å². The van der Waals surface area contributed by atoms with Crippen molar-refractivity contribution < 1.29 is 9.47 Å². The van der Waals surface area contributed by atoms with Crippen LogP contribution in [0.15, 0.2) is 43.0 Å². The third-order valence-corrected chi connectivity index (χ3v) is 3.25. The predicted octanol–water partition coefficient (Wildman–Crippen LogP) is 5.02. The van der Waals surface area contributed by atoms with Crippen molar-refractivity contribution in [2.75, 3.05) is 6.61 Å². The summed E-state index contributed by atoms with van der Waals surface area (Å²) in [6.45, 7) is 8.63. The lowest BCUT2D eigenvalue weighted by atomic mass is 10.1. The highest BCUT2D eigenvalue weighted by Crippen LogP contribution is 2.27. The molecule has 2 rings (SSSR count). The van der Waals surface area contributed by atoms with Crippen molar-refractivity contribution in [1.29, 1.82) is 0 Å². The molecule has 0 aromatic heterocycles. The van der Waals surface area contributed by atoms with Crippen molar-refractivity contribution in [3.05, 3.63) is 48.5 Å². The van der Waals surface area contributed by atoms with Crippen LogP contribution in [0.5, 0.6) is 5.75 Å². The fourth-order valence-corrected chi connectivity index (χ4v) is 2.10. The molecule has 2 nitrogen and oxygen atoms in total. The lowest BCUT2D eigenvalue weighted by Crippen LogP contribution is -2.17. The molecule has 0 saturated carbocycles. The van der Waals surface area contributed by atoms with Gasteiger partial charge in [0.15, 0.2) is 6.29 Å². The van der Waals surface area contributed by atoms with E-state index >= 15 is 0 Å². The summed E-state index contributed by atoms with van der Waals surface area (Å²) < 4.78 is 11.6. The molecule has 1 unspecified atom stereocenters. The Morgan fingerprint density at radius 2 is 2.10 bits per heavy atom. The summed E-state index contributed by atoms with van der Waals surface area (Å²) in [5, 5.41) is 2.25. The summed E-state index contributed by atoms with van der Waals surface area (Å²) in [7, 11) is 0. The van der Waals surface area contributed by atoms with Crippen LogP contribution >= 0.6 is 0 Å². The van der Waals surface area contributed by atoms with Crippen molar-refractivity contribution in [2.45, 2.75) is 33.0 Å². The topological polar surface area (TPSA) is 18.5 Å². The van der Waals surface area contributed by atoms with Crippen molar-refractivity contribution in [2.24, 2.45) is 0 Å². The summed E-state index contributed by atoms with van der Waals surface area (Å²) in [5.41, 5.74) is 1.09. The van der Waals surface area contributed by atoms with Gasteiger partial charge in [0.05, 0.1) is 6.61 Å². The van der Waals surface area contributed by atoms with E-state index in [2.05, 4.69) is 37.8 Å². The maximum atomic E-state index is 5.92. The second kappa shape index (κ2) is 7.11. The monoisotopic (exact) mass is 270 g/mol. The first-order valence-electron chi connectivity index (χ1n) is 7.18. The van der Waals surface area contributed by atoms with E-state index in [-0.39, 0.29) is 6.29 Å². The molecule has 2 heteroatoms. The molecule has 0 spiro atoms. The minimum atomic E-state index is -0.237. The first-order valence-corrected chi connectivity index (χ1v) is 7.18. The molecule has 0 aliphatic carbocycles. The minimum Gasteiger partial charge on any atom is -0.465 e. The first kappa shape index (κ1) is 14.6. The summed E-state index contributed by atoms with van der Waals surface area (Å²) in [4.78, 5) is 0. The lowest BCUT2D eigenvalue weighted by Gasteiger charge is -2.17. The van der Waals surface area contributed by atoms with E-state index in [1.807, 2.05) is 25.1 Å². The Bertz CT molecular complexity index is 575. The molecule has 0 saturated heterocycles. The fourth-order valence-electron chi connectivity index (χ4n) is 2.10. The quantitative estimate of drug-likeness (QED) is 0.519. The zero-order valence-corrected chi connectivity index (χ0v) is 12.3. The number of fused-ring (bicyclic) bond motifs is 1. The number of hydrogen-bond donors (Lipinski definition) is 0. The number of ether oxygens (including phenoxy) is 2. The molecule has 0 fully saturated rings. The van der Waals surface area contributed by atoms with Gasteiger partial charge in [-0.1, -0.05) is 50.3 Å². The molecular weight excluding hydrogens is 248 g/mol. The van der Waals surface area contributed by atoms with Crippen LogP contribution in [0.4, 0.5) is 0 Å². The highest BCUT2D eigenvalue weighted by atomic mass is 16.7. The number of hydrogen-bond acceptors (Lipinski definition) is 2. The molecule has 106 valence electrons. The molecule has 0 heterocycles. The minimum absolute atomic E-state index is 0.237. The van der Waals surface area contributed by atoms with Crippen LogP contribution in [0.2, 0.25) is 0 Å². The molecule has 0 aliphatic rings. The van der Waals surface area contributed by atoms with Crippen LogP contribution in [0.25, 0.3) is 16.8 Å². The Morgan fingerprint density at radius 3 is 2.85 bits per heavy atom. The highest BCUT2D eigenvalue weighted by Gasteiger charge is 2.07. The van der Waals surface area contributed by atoms with E-state index in [0.717, 1.165) is 41.5 Å². The normalized spacial score (nSPS) is 12.3. The van der Waals surface area contributed by atoms with Gasteiger partial charge >= 0.3 is 0 Å². The van der Waals surface area contributed by atoms with Gasteiger partial charge in [0.1, 0.15) is 5.75 Å². The molecule has 0 N–H and O–H groups in total. The average Bonchev–Trinajstić information content (AvgIpc) is 2.47. The van der Waals surface area contributed by atoms with Gasteiger partial charge in [0.25, 0.3) is 0 Å². The maximum Gasteiger partial charge on any atom is 0.197 e. The summed E-state index contributed by atoms with van der Waals surface area (Å²) in [5.74, 6) is 0.857. The highest BCUT2D eigenvalue weighted by molar-refractivity contribution is 5.90. The summed E-state index contributed by atoms with van der Waals surface area (Å²) in [6.07, 6.45) is 3.80. The number of unbranched alkanes of at least 4 members (excludes halogenated alkanes) is 1. The van der Waals surface area contributed by atoms with Crippen LogP contribution in [0.1, 0.15) is 32.3 Å². The molecule has 0 bridgehead atoms. The third-order valence-electron chi connectivity index (χ3n) is 3.25. The van der Waals surface area contributed by atoms with Gasteiger partial charge in [-0.05, 0) is 36.4 Å². The van der Waals surface area contributed by atoms with Crippen LogP contribution in [-0.4, -0.2) is 12.9 Å². The molecule has 0 amide bonds. The van der Waals surface area contributed by atoms with Gasteiger partial charge in [-0.2, -0.15) is 0 Å². The number of benzene rings is 2. The zero-order chi connectivity index (χ0) is 14.4. The van der Waals surface area contributed by atoms with Crippen LogP contribution in [-0.2, 0) is 4.74 Å². The van der Waals surface area contributed by atoms with E-state index in [1.165, 1.54) is 0 Å². The summed E-state index contributed by atoms with van der Waals surface area (Å²) >= 11 is 0. The molecule has 0 radical (unpaired) electrons. The SMILES string of the molecule is C=Cc1ccc2cccc(OC(C)OCCCC)c2c1. The third kappa shape index (κ3) is 3.61. The van der Waals surface area contributed by atoms with Gasteiger partial charge < -0.3 is 9.47 Å². The predicted molar refractivity (Wildman–Crippen MR) is 85.0 cm³/mol. The molecule has 2 aromatic carbocycles. The smallest absolute Gasteiger partial charge is 0.197 e. The Morgan fingerprint density at radius 1 is 1.25 bits per heavy atom. The second-order valence-electron chi connectivity index (χ2n) is 4.85. The van der Waals surface area contributed by atoms with Gasteiger partial charge in [-0.15, -0.1) is 0 Å². The lowest BCUT2D eigenvalue weighted by molar-refractivity contribution is -0.0665. The largest absolute Gasteiger partial charge is 0.465 e. The molecule has 2 aromatic rings. The molecule has 0 aliphatic heterocycles. The van der Waals surface area contributed by atoms with E-state index in [9.17, 15) is 0 Å². The summed E-state index contributed by atoms with van der Waals surface area (Å²) in [6, 6.07) is 12.3. The van der Waals surface area contributed by atoms with E-state index in [1.54, 1.807) is 0 Å². The molecule has 1 atom stereocenters. The Balaban J connectivity index is 2.18. The fraction of sp³-hybridized carbons (Fsp3) is 0.333. The first-order chi connectivity index (χ1) is 9.74. The van der Waals surface area contributed by atoms with Gasteiger partial charge in [0.2, 0.25) is 0 Å². The van der Waals surface area contributed by atoms with Gasteiger partial charge in [-0.25, -0.2) is 0 Å². The number of rotatable bonds is 7. The van der Waals surface area contributed by atoms with Gasteiger partial charge in [-0.3, -0.25) is 0 Å². The Labute approximate surface area is 121 Å². The van der Waals surface area contributed by atoms with Crippen molar-refractivity contribution in [3.8, 4) is 5.75 Å². The molecule has 20 heavy (non-hydrogen) atoms. The van der Waals surface area contributed by atoms with Crippen molar-refractivity contribution in [1.82, 2.24) is 0 Å². The van der Waals surface area contributed by atoms with Crippen LogP contribution in [0.3, 0.4) is 0 Å². The van der Waals surface area contributed by atoms with E-state index in [4.69, 9.17) is 9.47 Å². The van der Waals surface area contributed by atoms with Gasteiger partial charge in [0, 0.05) is 5.39 Å². The van der Waals surface area contributed by atoms with Crippen LogP contribution < -0.4 is 4.74 Å². The zero-order valence-electron chi connectivity index (χ0n) is 12.3. The molecular formula is C18H22O2.